The van der Waals surface area contributed by atoms with Gasteiger partial charge in [-0.05, 0) is 101 Å². The number of hydrogen-bond acceptors (Lipinski definition) is 18. The van der Waals surface area contributed by atoms with Crippen LogP contribution < -0.4 is 75.3 Å². The zero-order valence-corrected chi connectivity index (χ0v) is 59.3. The number of nitrogens with zero attached hydrogens (tertiary/aromatic N) is 1. The molecule has 0 bridgehead atoms. The van der Waals surface area contributed by atoms with Gasteiger partial charge in [-0.2, -0.15) is 0 Å². The van der Waals surface area contributed by atoms with Crippen molar-refractivity contribution in [1.82, 2.24) is 63.8 Å². The number of hydrogen-bond donors (Lipinski definition) is 18. The highest BCUT2D eigenvalue weighted by atomic mass is 16.6. The third kappa shape index (κ3) is 30.0. The van der Waals surface area contributed by atoms with Crippen molar-refractivity contribution in [3.05, 3.63) is 35.9 Å². The molecule has 15 atom stereocenters. The Morgan fingerprint density at radius 3 is 1.59 bits per heavy atom. The number of carbonyl (C=O) groups excluding carboxylic acids is 12. The molecule has 1 aromatic carbocycles. The van der Waals surface area contributed by atoms with E-state index in [0.29, 0.717) is 0 Å². The van der Waals surface area contributed by atoms with E-state index >= 15 is 14.4 Å². The van der Waals surface area contributed by atoms with Gasteiger partial charge in [0.2, 0.25) is 65.0 Å². The topological polar surface area (TPSA) is 504 Å². The van der Waals surface area contributed by atoms with Crippen LogP contribution >= 0.6 is 0 Å². The number of aliphatic hydroxyl groups excluding tert-OH is 4. The fourth-order valence-electron chi connectivity index (χ4n) is 10.1. The highest BCUT2D eigenvalue weighted by molar-refractivity contribution is 6.00. The van der Waals surface area contributed by atoms with E-state index in [2.05, 4.69) is 68.8 Å². The Hall–Kier alpha value is -8.23. The molecule has 1 aromatic rings. The zero-order valence-electron chi connectivity index (χ0n) is 59.3. The normalized spacial score (nSPS) is 24.2. The molecular weight excluding hydrogens is 1260 g/mol. The van der Waals surface area contributed by atoms with Gasteiger partial charge in [-0.25, -0.2) is 4.79 Å². The summed E-state index contributed by atoms with van der Waals surface area (Å²) in [6.07, 6.45) is -6.23. The van der Waals surface area contributed by atoms with Crippen LogP contribution in [0.4, 0.5) is 4.79 Å². The van der Waals surface area contributed by atoms with Gasteiger partial charge in [0, 0.05) is 6.54 Å². The Labute approximate surface area is 568 Å². The molecule has 1 unspecified atom stereocenters. The van der Waals surface area contributed by atoms with E-state index < -0.39 is 197 Å². The number of aliphatic imine (C=N–C) groups is 1. The van der Waals surface area contributed by atoms with Gasteiger partial charge in [0.15, 0.2) is 5.96 Å². The molecule has 548 valence electrons. The number of carbonyl (C=O) groups is 12. The fraction of sp³-hybridized carbons (Fsp3) is 0.708. The van der Waals surface area contributed by atoms with E-state index in [4.69, 9.17) is 16.2 Å². The SMILES string of the molecule is CC[C@H](C)[C@@H]1NC(=O)[C@@H](CCCN=C(N)N)NC(=O)[C@H](CC(C)C)NC(=O)[C@H]([C@H](O)C(C)C)NC(=O)[C@@H](NC(=O)[C@H](CC(C)(C)C)NC(=O)[C@@H](CC(C)(C)C)NC(=O)OC(C)(C)C)[C@@H](c2ccccc2)NC(=O)[C@H](CO)NC(=O)C([C@H](C)O)NC(=O)CNC(=O)[C@@H]([C@H](C)O)NC1=O. The number of alkyl carbamates (subject to hydrolysis) is 1. The number of guanidine groups is 1. The highest BCUT2D eigenvalue weighted by Gasteiger charge is 2.43. The molecule has 97 heavy (non-hydrogen) atoms. The van der Waals surface area contributed by atoms with Crippen molar-refractivity contribution >= 4 is 77.0 Å². The molecule has 12 amide bonds. The van der Waals surface area contributed by atoms with E-state index in [0.717, 1.165) is 13.8 Å². The van der Waals surface area contributed by atoms with Gasteiger partial charge >= 0.3 is 6.09 Å². The molecule has 32 nitrogen and oxygen atoms in total. The van der Waals surface area contributed by atoms with Crippen LogP contribution in [0.25, 0.3) is 0 Å². The molecule has 0 spiro atoms. The van der Waals surface area contributed by atoms with Crippen molar-refractivity contribution in [2.45, 2.75) is 247 Å². The Kier molecular flexibility index (Phi) is 33.8. The predicted molar refractivity (Wildman–Crippen MR) is 359 cm³/mol. The van der Waals surface area contributed by atoms with Crippen LogP contribution in [0.5, 0.6) is 0 Å². The second-order valence-corrected chi connectivity index (χ2v) is 28.9. The predicted octanol–water partition coefficient (Wildman–Crippen LogP) is -1.98. The van der Waals surface area contributed by atoms with E-state index in [1.165, 1.54) is 38.1 Å². The van der Waals surface area contributed by atoms with Crippen molar-refractivity contribution in [2.24, 2.45) is 45.0 Å². The molecule has 1 heterocycles. The first-order chi connectivity index (χ1) is 44.8. The average Bonchev–Trinajstić information content (AvgIpc) is 0.815. The highest BCUT2D eigenvalue weighted by Crippen LogP contribution is 2.26. The minimum absolute atomic E-state index is 0.0300. The van der Waals surface area contributed by atoms with Crippen molar-refractivity contribution in [2.75, 3.05) is 19.7 Å². The van der Waals surface area contributed by atoms with Gasteiger partial charge in [-0.1, -0.05) is 120 Å². The number of nitrogens with one attached hydrogen (secondary N) is 12. The number of aliphatic hydroxyl groups is 4. The number of rotatable bonds is 21. The smallest absolute Gasteiger partial charge is 0.408 e. The average molecular weight is 1370 g/mol. The van der Waals surface area contributed by atoms with Crippen molar-refractivity contribution < 1.29 is 82.7 Å². The molecule has 1 saturated heterocycles. The summed E-state index contributed by atoms with van der Waals surface area (Å²) in [7, 11) is 0. The summed E-state index contributed by atoms with van der Waals surface area (Å²) in [4.78, 5) is 177. The van der Waals surface area contributed by atoms with Crippen LogP contribution in [0.1, 0.15) is 168 Å². The zero-order chi connectivity index (χ0) is 74.2. The van der Waals surface area contributed by atoms with Crippen LogP contribution in [-0.4, -0.2) is 201 Å². The maximum absolute atomic E-state index is 15.7. The first-order valence-electron chi connectivity index (χ1n) is 32.8. The molecule has 0 radical (unpaired) electrons. The van der Waals surface area contributed by atoms with E-state index in [9.17, 15) is 63.6 Å². The fourth-order valence-corrected chi connectivity index (χ4v) is 10.1. The van der Waals surface area contributed by atoms with Crippen molar-refractivity contribution in [3.63, 3.8) is 0 Å². The Morgan fingerprint density at radius 1 is 0.598 bits per heavy atom. The first-order valence-corrected chi connectivity index (χ1v) is 32.8. The molecule has 32 heteroatoms. The maximum atomic E-state index is 15.7. The summed E-state index contributed by atoms with van der Waals surface area (Å²) in [6.45, 7) is 25.4. The van der Waals surface area contributed by atoms with Gasteiger partial charge < -0.3 is 100 Å². The summed E-state index contributed by atoms with van der Waals surface area (Å²) < 4.78 is 5.48. The second kappa shape index (κ2) is 38.6. The lowest BCUT2D eigenvalue weighted by molar-refractivity contribution is -0.139. The molecular formula is C65H111N15O17. The number of benzene rings is 1. The van der Waals surface area contributed by atoms with Crippen LogP contribution in [0, 0.1) is 28.6 Å². The molecule has 1 fully saturated rings. The van der Waals surface area contributed by atoms with Gasteiger partial charge in [0.1, 0.15) is 66.0 Å². The Morgan fingerprint density at radius 2 is 1.08 bits per heavy atom. The molecule has 2 rings (SSSR count). The molecule has 20 N–H and O–H groups in total. The lowest BCUT2D eigenvalue weighted by Gasteiger charge is -2.35. The summed E-state index contributed by atoms with van der Waals surface area (Å²) >= 11 is 0. The minimum Gasteiger partial charge on any atom is -0.444 e. The van der Waals surface area contributed by atoms with Crippen molar-refractivity contribution in [3.8, 4) is 0 Å². The number of amides is 12. The molecule has 1 aliphatic heterocycles. The van der Waals surface area contributed by atoms with Crippen molar-refractivity contribution in [1.29, 1.82) is 0 Å². The van der Waals surface area contributed by atoms with Crippen LogP contribution in [-0.2, 0) is 57.5 Å². The standard InChI is InChI=1S/C65H111N15O17/c1-18-34(6)44-57(92)77-45(35(7)82)56(91)69-30-43(84)75-46(36(8)83)58(93)73-42(31-81)55(90)78-47(37-23-20-19-21-24-37)48(79-54(89)40(28-63(9,10)11)72-53(88)41(29-64(12,13)14)74-62(96)97-65(15,16)17)59(94)80-49(50(85)33(4)5)60(95)71-39(27-32(2)3)52(87)70-38(51(86)76-44)25-22-26-68-61(66)67/h19-21,23-24,32-36,38-42,44-50,81-83,85H,18,22,25-31H2,1-17H3,(H,69,91)(H,70,87)(H,71,95)(H,72,88)(H,73,93)(H,74,96)(H,75,84)(H,76,86)(H,77,92)(H,78,90)(H,79,89)(H,80,94)(H4,66,67,68)/t34-,35-,36-,38+,39-,40-,41+,42-,44-,45+,46?,47+,48-,49-,50+/m0/s1. The third-order valence-electron chi connectivity index (χ3n) is 15.3. The monoisotopic (exact) mass is 1370 g/mol. The van der Waals surface area contributed by atoms with E-state index in [1.807, 2.05) is 20.8 Å². The maximum Gasteiger partial charge on any atom is 0.408 e. The molecule has 0 aliphatic carbocycles. The number of ether oxygens (including phenoxy) is 1. The van der Waals surface area contributed by atoms with E-state index in [1.54, 1.807) is 75.3 Å². The summed E-state index contributed by atoms with van der Waals surface area (Å²) in [5, 5.41) is 74.6. The van der Waals surface area contributed by atoms with Crippen LogP contribution in [0.3, 0.4) is 0 Å². The first kappa shape index (κ1) is 84.9. The van der Waals surface area contributed by atoms with Crippen LogP contribution in [0.15, 0.2) is 35.3 Å². The van der Waals surface area contributed by atoms with Gasteiger partial charge in [-0.3, -0.25) is 57.7 Å². The largest absolute Gasteiger partial charge is 0.444 e. The van der Waals surface area contributed by atoms with E-state index in [-0.39, 0.29) is 62.5 Å². The van der Waals surface area contributed by atoms with Gasteiger partial charge in [-0.15, -0.1) is 0 Å². The summed E-state index contributed by atoms with van der Waals surface area (Å²) in [6, 6.07) is -11.6. The third-order valence-corrected chi connectivity index (χ3v) is 15.3. The molecule has 0 saturated carbocycles. The lowest BCUT2D eigenvalue weighted by atomic mass is 9.86. The van der Waals surface area contributed by atoms with Crippen LogP contribution in [0.2, 0.25) is 0 Å². The summed E-state index contributed by atoms with van der Waals surface area (Å²) in [5.41, 5.74) is 8.84. The van der Waals surface area contributed by atoms with Gasteiger partial charge in [0.25, 0.3) is 0 Å². The molecule has 0 aromatic heterocycles. The second-order valence-electron chi connectivity index (χ2n) is 28.9. The molecule has 1 aliphatic rings. The Balaban J connectivity index is 3.17. The Bertz CT molecular complexity index is 2870. The minimum atomic E-state index is -2.11. The lowest BCUT2D eigenvalue weighted by Crippen LogP contribution is -2.65. The number of nitrogens with two attached hydrogens (primary N) is 2. The summed E-state index contributed by atoms with van der Waals surface area (Å²) in [5.74, 6) is -14.2. The quantitative estimate of drug-likeness (QED) is 0.0360. The van der Waals surface area contributed by atoms with Gasteiger partial charge in [0.05, 0.1) is 37.5 Å².